The van der Waals surface area contributed by atoms with Crippen LogP contribution < -0.4 is 5.32 Å². The average molecular weight is 223 g/mol. The summed E-state index contributed by atoms with van der Waals surface area (Å²) in [6.07, 6.45) is 0.826. The van der Waals surface area contributed by atoms with E-state index in [-0.39, 0.29) is 0 Å². The summed E-state index contributed by atoms with van der Waals surface area (Å²) in [7, 11) is -2.17. The topological polar surface area (TPSA) is 81.7 Å². The summed E-state index contributed by atoms with van der Waals surface area (Å²) in [4.78, 5) is 11.0. The van der Waals surface area contributed by atoms with Crippen LogP contribution in [0.3, 0.4) is 0 Å². The van der Waals surface area contributed by atoms with Gasteiger partial charge in [0, 0.05) is 13.0 Å². The molecule has 14 heavy (non-hydrogen) atoms. The van der Waals surface area contributed by atoms with Crippen molar-refractivity contribution in [3.05, 3.63) is 0 Å². The zero-order valence-electron chi connectivity index (χ0n) is 8.02. The number of carbonyl (C=O) groups is 1. The van der Waals surface area contributed by atoms with Crippen LogP contribution in [0.5, 0.6) is 0 Å². The molecule has 1 heterocycles. The molecule has 1 aliphatic rings. The number of hydrogen-bond acceptors (Lipinski definition) is 6. The maximum atomic E-state index is 11.0. The molecule has 0 spiro atoms. The van der Waals surface area contributed by atoms with Crippen LogP contribution >= 0.6 is 0 Å². The highest BCUT2D eigenvalue weighted by Crippen LogP contribution is 2.13. The fraction of sp³-hybridized carbons (Fsp3) is 0.857. The van der Waals surface area contributed by atoms with Gasteiger partial charge in [-0.25, -0.2) is 0 Å². The molecule has 0 amide bonds. The van der Waals surface area contributed by atoms with E-state index in [4.69, 9.17) is 4.18 Å². The van der Waals surface area contributed by atoms with Crippen molar-refractivity contribution in [2.45, 2.75) is 18.6 Å². The molecule has 0 radical (unpaired) electrons. The lowest BCUT2D eigenvalue weighted by atomic mass is 10.2. The second-order valence-corrected chi connectivity index (χ2v) is 4.74. The summed E-state index contributed by atoms with van der Waals surface area (Å²) in [5.41, 5.74) is 0. The van der Waals surface area contributed by atoms with Gasteiger partial charge in [0.05, 0.1) is 19.5 Å². The molecule has 1 unspecified atom stereocenters. The molecule has 1 saturated heterocycles. The Hall–Kier alpha value is -0.660. The molecular formula is C7H13NO5S. The first-order chi connectivity index (χ1) is 6.42. The molecule has 7 heteroatoms. The summed E-state index contributed by atoms with van der Waals surface area (Å²) in [6.45, 7) is 0.340. The van der Waals surface area contributed by atoms with Gasteiger partial charge in [0.15, 0.2) is 0 Å². The van der Waals surface area contributed by atoms with Gasteiger partial charge in [-0.15, -0.1) is 0 Å². The Morgan fingerprint density at radius 1 is 1.50 bits per heavy atom. The standard InChI is InChI=1S/C7H13NO5S/c1-12-7(9)6-3-5(4-8-6)13-14(2,10)11/h5-6,8H,3-4H2,1-2H3/t5-,6?/m1/s1. The van der Waals surface area contributed by atoms with Gasteiger partial charge in [0.25, 0.3) is 10.1 Å². The smallest absolute Gasteiger partial charge is 0.322 e. The van der Waals surface area contributed by atoms with E-state index >= 15 is 0 Å². The molecule has 2 atom stereocenters. The first-order valence-corrected chi connectivity index (χ1v) is 5.93. The van der Waals surface area contributed by atoms with Crippen LogP contribution in [-0.2, 0) is 23.8 Å². The predicted molar refractivity (Wildman–Crippen MR) is 48.1 cm³/mol. The fourth-order valence-electron chi connectivity index (χ4n) is 1.35. The van der Waals surface area contributed by atoms with Gasteiger partial charge >= 0.3 is 5.97 Å². The average Bonchev–Trinajstić information content (AvgIpc) is 2.48. The Morgan fingerprint density at radius 3 is 2.64 bits per heavy atom. The number of nitrogens with one attached hydrogen (secondary N) is 1. The lowest BCUT2D eigenvalue weighted by Gasteiger charge is -2.08. The molecule has 0 aromatic rings. The molecular weight excluding hydrogens is 210 g/mol. The third-order valence-corrected chi connectivity index (χ3v) is 2.51. The minimum absolute atomic E-state index is 0.319. The van der Waals surface area contributed by atoms with E-state index < -0.39 is 28.2 Å². The number of carbonyl (C=O) groups excluding carboxylic acids is 1. The quantitative estimate of drug-likeness (QED) is 0.481. The van der Waals surface area contributed by atoms with Gasteiger partial charge in [-0.05, 0) is 0 Å². The lowest BCUT2D eigenvalue weighted by Crippen LogP contribution is -2.31. The fourth-order valence-corrected chi connectivity index (χ4v) is 1.99. The molecule has 0 bridgehead atoms. The van der Waals surface area contributed by atoms with E-state index in [0.717, 1.165) is 6.26 Å². The molecule has 0 aromatic carbocycles. The first kappa shape index (κ1) is 11.4. The molecule has 0 aromatic heterocycles. The number of hydrogen-bond donors (Lipinski definition) is 1. The van der Waals surface area contributed by atoms with Crippen LogP contribution in [0.4, 0.5) is 0 Å². The Morgan fingerprint density at radius 2 is 2.14 bits per heavy atom. The van der Waals surface area contributed by atoms with E-state index in [9.17, 15) is 13.2 Å². The van der Waals surface area contributed by atoms with Crippen molar-refractivity contribution in [1.29, 1.82) is 0 Å². The van der Waals surface area contributed by atoms with E-state index in [2.05, 4.69) is 10.1 Å². The number of esters is 1. The van der Waals surface area contributed by atoms with Crippen molar-refractivity contribution in [3.8, 4) is 0 Å². The van der Waals surface area contributed by atoms with E-state index in [0.29, 0.717) is 13.0 Å². The summed E-state index contributed by atoms with van der Waals surface area (Å²) < 4.78 is 30.8. The van der Waals surface area contributed by atoms with Crippen molar-refractivity contribution < 1.29 is 22.1 Å². The van der Waals surface area contributed by atoms with Crippen molar-refractivity contribution in [2.24, 2.45) is 0 Å². The van der Waals surface area contributed by atoms with Gasteiger partial charge in [0.1, 0.15) is 6.04 Å². The normalized spacial score (nSPS) is 27.6. The minimum Gasteiger partial charge on any atom is -0.468 e. The molecule has 1 N–H and O–H groups in total. The zero-order chi connectivity index (χ0) is 10.8. The Labute approximate surface area is 82.7 Å². The second kappa shape index (κ2) is 4.24. The SMILES string of the molecule is COC(=O)C1C[C@@H](OS(C)(=O)=O)CN1. The highest BCUT2D eigenvalue weighted by molar-refractivity contribution is 7.86. The number of methoxy groups -OCH3 is 1. The van der Waals surface area contributed by atoms with Crippen molar-refractivity contribution in [1.82, 2.24) is 5.32 Å². The summed E-state index contributed by atoms with van der Waals surface area (Å²) in [6, 6.07) is -0.466. The van der Waals surface area contributed by atoms with Crippen molar-refractivity contribution in [2.75, 3.05) is 19.9 Å². The highest BCUT2D eigenvalue weighted by Gasteiger charge is 2.32. The minimum atomic E-state index is -3.46. The summed E-state index contributed by atoms with van der Waals surface area (Å²) in [5.74, 6) is -0.399. The monoisotopic (exact) mass is 223 g/mol. The molecule has 82 valence electrons. The van der Waals surface area contributed by atoms with Gasteiger partial charge in [0.2, 0.25) is 0 Å². The van der Waals surface area contributed by atoms with Crippen LogP contribution in [0.25, 0.3) is 0 Å². The van der Waals surface area contributed by atoms with Crippen LogP contribution in [0, 0.1) is 0 Å². The van der Waals surface area contributed by atoms with Gasteiger partial charge in [-0.1, -0.05) is 0 Å². The maximum absolute atomic E-state index is 11.0. The van der Waals surface area contributed by atoms with Crippen LogP contribution in [0.15, 0.2) is 0 Å². The molecule has 1 fully saturated rings. The number of rotatable bonds is 3. The first-order valence-electron chi connectivity index (χ1n) is 4.12. The van der Waals surface area contributed by atoms with Crippen molar-refractivity contribution >= 4 is 16.1 Å². The van der Waals surface area contributed by atoms with Crippen LogP contribution in [0.1, 0.15) is 6.42 Å². The Balaban J connectivity index is 2.46. The number of ether oxygens (including phenoxy) is 1. The molecule has 0 saturated carbocycles. The maximum Gasteiger partial charge on any atom is 0.322 e. The van der Waals surface area contributed by atoms with Gasteiger partial charge < -0.3 is 10.1 Å². The summed E-state index contributed by atoms with van der Waals surface area (Å²) in [5, 5.41) is 2.82. The van der Waals surface area contributed by atoms with Crippen molar-refractivity contribution in [3.63, 3.8) is 0 Å². The largest absolute Gasteiger partial charge is 0.468 e. The third-order valence-electron chi connectivity index (χ3n) is 1.89. The highest BCUT2D eigenvalue weighted by atomic mass is 32.2. The molecule has 6 nitrogen and oxygen atoms in total. The molecule has 1 aliphatic heterocycles. The predicted octanol–water partition coefficient (Wildman–Crippen LogP) is -1.13. The zero-order valence-corrected chi connectivity index (χ0v) is 8.83. The van der Waals surface area contributed by atoms with Crippen LogP contribution in [0.2, 0.25) is 0 Å². The Bertz CT molecular complexity index is 312. The second-order valence-electron chi connectivity index (χ2n) is 3.14. The van der Waals surface area contributed by atoms with E-state index in [1.165, 1.54) is 7.11 Å². The van der Waals surface area contributed by atoms with E-state index in [1.807, 2.05) is 0 Å². The van der Waals surface area contributed by atoms with E-state index in [1.54, 1.807) is 0 Å². The van der Waals surface area contributed by atoms with Gasteiger partial charge in [-0.2, -0.15) is 8.42 Å². The van der Waals surface area contributed by atoms with Gasteiger partial charge in [-0.3, -0.25) is 8.98 Å². The van der Waals surface area contributed by atoms with Crippen LogP contribution in [-0.4, -0.2) is 46.4 Å². The third kappa shape index (κ3) is 3.24. The molecule has 1 rings (SSSR count). The summed E-state index contributed by atoms with van der Waals surface area (Å²) >= 11 is 0. The molecule has 0 aliphatic carbocycles. The Kier molecular flexibility index (Phi) is 3.46. The lowest BCUT2D eigenvalue weighted by molar-refractivity contribution is -0.142.